The van der Waals surface area contributed by atoms with Crippen molar-refractivity contribution in [1.82, 2.24) is 0 Å². The topological polar surface area (TPSA) is 13.0 Å². The number of anilines is 12. The second kappa shape index (κ2) is 21.7. The molecular formula is C84H57BN4. The molecule has 0 radical (unpaired) electrons. The van der Waals surface area contributed by atoms with Gasteiger partial charge in [0.05, 0.1) is 0 Å². The summed E-state index contributed by atoms with van der Waals surface area (Å²) in [5.41, 5.74) is 24.1. The maximum absolute atomic E-state index is 2.56. The smallest absolute Gasteiger partial charge is 0.252 e. The molecule has 0 aliphatic carbocycles. The van der Waals surface area contributed by atoms with Crippen LogP contribution in [0.2, 0.25) is 0 Å². The van der Waals surface area contributed by atoms with Gasteiger partial charge in [0.1, 0.15) is 0 Å². The Labute approximate surface area is 519 Å². The zero-order valence-electron chi connectivity index (χ0n) is 48.8. The van der Waals surface area contributed by atoms with Crippen LogP contribution in [-0.2, 0) is 0 Å². The van der Waals surface area contributed by atoms with E-state index in [4.69, 9.17) is 0 Å². The van der Waals surface area contributed by atoms with Crippen molar-refractivity contribution >= 4 is 124 Å². The molecule has 416 valence electrons. The standard InChI is InChI=1S/C84H57BN4/c1-8-28-58(29-9-1)68-50-51-75(70-43-23-22-42-69(68)70)83-73-46-26-24-44-71(73)82(72-45-25-27-47-74(72)83)59-54-80-84-81(55-59)89(65-40-20-7-21-41-65)79-57-67(87(62-34-14-4-15-35-62)63-36-16-5-17-37-63)49-53-77(79)85(84)76-52-48-66(56-78(76)88(80)64-38-18-6-19-39-64)86(60-30-10-2-11-31-60)61-32-12-3-13-33-61/h1-57H. The number of benzene rings is 15. The first kappa shape index (κ1) is 51.7. The van der Waals surface area contributed by atoms with E-state index in [1.807, 2.05) is 0 Å². The third kappa shape index (κ3) is 8.69. The number of hydrogen-bond acceptors (Lipinski definition) is 4. The molecule has 2 aliphatic rings. The van der Waals surface area contributed by atoms with Gasteiger partial charge in [-0.3, -0.25) is 0 Å². The molecule has 0 saturated carbocycles. The molecule has 0 fully saturated rings. The highest BCUT2D eigenvalue weighted by atomic mass is 15.2. The summed E-state index contributed by atoms with van der Waals surface area (Å²) >= 11 is 0. The van der Waals surface area contributed by atoms with Crippen molar-refractivity contribution < 1.29 is 0 Å². The Balaban J connectivity index is 0.975. The highest BCUT2D eigenvalue weighted by Crippen LogP contribution is 2.52. The van der Waals surface area contributed by atoms with Crippen LogP contribution in [0.3, 0.4) is 0 Å². The van der Waals surface area contributed by atoms with Crippen LogP contribution in [0.25, 0.3) is 65.7 Å². The molecule has 0 unspecified atom stereocenters. The summed E-state index contributed by atoms with van der Waals surface area (Å²) in [6, 6.07) is 127. The number of hydrogen-bond donors (Lipinski definition) is 0. The maximum Gasteiger partial charge on any atom is 0.252 e. The quantitative estimate of drug-likeness (QED) is 0.0945. The summed E-state index contributed by atoms with van der Waals surface area (Å²) in [7, 11) is 0. The fraction of sp³-hybridized carbons (Fsp3) is 0. The lowest BCUT2D eigenvalue weighted by molar-refractivity contribution is 1.23. The van der Waals surface area contributed by atoms with Crippen LogP contribution in [0.15, 0.2) is 346 Å². The molecule has 5 heteroatoms. The number of nitrogens with zero attached hydrogens (tertiary/aromatic N) is 4. The fourth-order valence-corrected chi connectivity index (χ4v) is 14.4. The molecule has 0 N–H and O–H groups in total. The first-order valence-electron chi connectivity index (χ1n) is 30.7. The lowest BCUT2D eigenvalue weighted by Crippen LogP contribution is -2.61. The van der Waals surface area contributed by atoms with E-state index >= 15 is 0 Å². The van der Waals surface area contributed by atoms with Crippen molar-refractivity contribution in [1.29, 1.82) is 0 Å². The zero-order valence-corrected chi connectivity index (χ0v) is 48.8. The fourth-order valence-electron chi connectivity index (χ4n) is 14.4. The van der Waals surface area contributed by atoms with Crippen LogP contribution in [0.4, 0.5) is 68.2 Å². The van der Waals surface area contributed by atoms with Gasteiger partial charge in [-0.15, -0.1) is 0 Å². The zero-order chi connectivity index (χ0) is 58.8. The van der Waals surface area contributed by atoms with E-state index < -0.39 is 0 Å². The minimum Gasteiger partial charge on any atom is -0.311 e. The predicted molar refractivity (Wildman–Crippen MR) is 379 cm³/mol. The number of fused-ring (bicyclic) bond motifs is 7. The Morgan fingerprint density at radius 2 is 0.551 bits per heavy atom. The summed E-state index contributed by atoms with van der Waals surface area (Å²) in [4.78, 5) is 9.89. The molecule has 0 aromatic heterocycles. The van der Waals surface area contributed by atoms with Crippen LogP contribution in [0.5, 0.6) is 0 Å². The van der Waals surface area contributed by atoms with E-state index in [0.29, 0.717) is 0 Å². The molecular weight excluding hydrogens is 1080 g/mol. The average molecular weight is 1130 g/mol. The van der Waals surface area contributed by atoms with E-state index in [1.54, 1.807) is 0 Å². The van der Waals surface area contributed by atoms with Crippen LogP contribution in [-0.4, -0.2) is 6.71 Å². The molecule has 15 aromatic carbocycles. The highest BCUT2D eigenvalue weighted by molar-refractivity contribution is 7.00. The lowest BCUT2D eigenvalue weighted by Gasteiger charge is -2.45. The Morgan fingerprint density at radius 3 is 0.955 bits per heavy atom. The lowest BCUT2D eigenvalue weighted by atomic mass is 9.33. The predicted octanol–water partition coefficient (Wildman–Crippen LogP) is 21.2. The maximum atomic E-state index is 2.56. The second-order valence-electron chi connectivity index (χ2n) is 23.1. The van der Waals surface area contributed by atoms with Crippen LogP contribution >= 0.6 is 0 Å². The van der Waals surface area contributed by atoms with Gasteiger partial charge in [-0.2, -0.15) is 0 Å². The van der Waals surface area contributed by atoms with Gasteiger partial charge in [0.25, 0.3) is 6.71 Å². The molecule has 0 amide bonds. The summed E-state index contributed by atoms with van der Waals surface area (Å²) in [6.07, 6.45) is 0. The highest BCUT2D eigenvalue weighted by Gasteiger charge is 2.44. The average Bonchev–Trinajstić information content (AvgIpc) is 0.717. The molecule has 17 rings (SSSR count). The van der Waals surface area contributed by atoms with E-state index in [-0.39, 0.29) is 6.71 Å². The van der Waals surface area contributed by atoms with Crippen molar-refractivity contribution in [3.8, 4) is 33.4 Å². The van der Waals surface area contributed by atoms with Crippen molar-refractivity contribution in [2.24, 2.45) is 0 Å². The SMILES string of the molecule is c1ccc(-c2ccc(-c3c4ccccc4c(-c4cc5c6c(c4)N(c4ccccc4)c4cc(N(c7ccccc7)c7ccccc7)ccc4B6c4ccc(N(c6ccccc6)c6ccccc6)cc4N5c4ccccc4)c4ccccc34)c3ccccc23)cc1. The van der Waals surface area contributed by atoms with Crippen LogP contribution in [0, 0.1) is 0 Å². The number of rotatable bonds is 11. The van der Waals surface area contributed by atoms with E-state index in [9.17, 15) is 0 Å². The Hall–Kier alpha value is -11.7. The van der Waals surface area contributed by atoms with Crippen molar-refractivity contribution in [3.05, 3.63) is 346 Å². The van der Waals surface area contributed by atoms with E-state index in [0.717, 1.165) is 73.8 Å². The molecule has 0 atom stereocenters. The van der Waals surface area contributed by atoms with Gasteiger partial charge in [-0.1, -0.05) is 237 Å². The first-order chi connectivity index (χ1) is 44.2. The molecule has 2 aliphatic heterocycles. The van der Waals surface area contributed by atoms with E-state index in [1.165, 1.54) is 76.5 Å². The number of para-hydroxylation sites is 6. The summed E-state index contributed by atoms with van der Waals surface area (Å²) in [6.45, 7) is -0.158. The molecule has 0 bridgehead atoms. The van der Waals surface area contributed by atoms with Crippen molar-refractivity contribution in [2.75, 3.05) is 19.6 Å². The van der Waals surface area contributed by atoms with Gasteiger partial charge in [0, 0.05) is 68.2 Å². The first-order valence-corrected chi connectivity index (χ1v) is 30.7. The van der Waals surface area contributed by atoms with Gasteiger partial charge >= 0.3 is 0 Å². The Kier molecular flexibility index (Phi) is 12.6. The monoisotopic (exact) mass is 1130 g/mol. The van der Waals surface area contributed by atoms with Gasteiger partial charge in [0.15, 0.2) is 0 Å². The molecule has 0 saturated heterocycles. The van der Waals surface area contributed by atoms with Crippen LogP contribution < -0.4 is 36.0 Å². The Bertz CT molecular complexity index is 4810. The largest absolute Gasteiger partial charge is 0.311 e. The molecule has 0 spiro atoms. The molecule has 4 nitrogen and oxygen atoms in total. The molecule has 15 aromatic rings. The molecule has 89 heavy (non-hydrogen) atoms. The van der Waals surface area contributed by atoms with Gasteiger partial charge in [-0.25, -0.2) is 0 Å². The third-order valence-corrected chi connectivity index (χ3v) is 18.1. The van der Waals surface area contributed by atoms with Crippen molar-refractivity contribution in [2.45, 2.75) is 0 Å². The van der Waals surface area contributed by atoms with Crippen molar-refractivity contribution in [3.63, 3.8) is 0 Å². The normalized spacial score (nSPS) is 12.2. The van der Waals surface area contributed by atoms with Gasteiger partial charge < -0.3 is 19.6 Å². The molecule has 2 heterocycles. The summed E-state index contributed by atoms with van der Waals surface area (Å²) < 4.78 is 0. The minimum atomic E-state index is -0.158. The summed E-state index contributed by atoms with van der Waals surface area (Å²) in [5, 5.41) is 7.26. The third-order valence-electron chi connectivity index (χ3n) is 18.1. The van der Waals surface area contributed by atoms with Gasteiger partial charge in [0.2, 0.25) is 0 Å². The second-order valence-corrected chi connectivity index (χ2v) is 23.1. The van der Waals surface area contributed by atoms with Crippen LogP contribution in [0.1, 0.15) is 0 Å². The Morgan fingerprint density at radius 1 is 0.225 bits per heavy atom. The minimum absolute atomic E-state index is 0.158. The van der Waals surface area contributed by atoms with Gasteiger partial charge in [-0.05, 0) is 191 Å². The summed E-state index contributed by atoms with van der Waals surface area (Å²) in [5.74, 6) is 0. The van der Waals surface area contributed by atoms with E-state index in [2.05, 4.69) is 365 Å².